The van der Waals surface area contributed by atoms with Gasteiger partial charge in [0.1, 0.15) is 11.2 Å². The smallest absolute Gasteiger partial charge is 0.240 e. The summed E-state index contributed by atoms with van der Waals surface area (Å²) in [6.45, 7) is 0. The summed E-state index contributed by atoms with van der Waals surface area (Å²) in [5.74, 6) is -1.40. The second-order valence-corrected chi connectivity index (χ2v) is 14.5. The molecule has 4 aromatic heterocycles. The van der Waals surface area contributed by atoms with Gasteiger partial charge >= 0.3 is 0 Å². The number of aromatic nitrogens is 5. The zero-order chi connectivity index (χ0) is 58.8. The Morgan fingerprint density at radius 3 is 1.67 bits per heavy atom. The zero-order valence-electron chi connectivity index (χ0n) is 52.3. The van der Waals surface area contributed by atoms with Crippen molar-refractivity contribution in [3.63, 3.8) is 0 Å². The quantitative estimate of drug-likeness (QED) is 0.168. The molecule has 6 nitrogen and oxygen atoms in total. The van der Waals surface area contributed by atoms with Crippen molar-refractivity contribution >= 4 is 65.6 Å². The monoisotopic (exact) mass is 825 g/mol. The van der Waals surface area contributed by atoms with Crippen molar-refractivity contribution in [2.75, 3.05) is 0 Å². The highest BCUT2D eigenvalue weighted by molar-refractivity contribution is 6.11. The molecule has 13 aromatic rings. The Morgan fingerprint density at radius 1 is 0.381 bits per heavy atom. The number of hydrogen-bond acceptors (Lipinski definition) is 4. The molecule has 0 bridgehead atoms. The molecule has 0 fully saturated rings. The minimum atomic E-state index is -0.827. The summed E-state index contributed by atoms with van der Waals surface area (Å²) in [4.78, 5) is 14.6. The zero-order valence-corrected chi connectivity index (χ0v) is 32.3. The van der Waals surface area contributed by atoms with Crippen molar-refractivity contribution in [1.29, 1.82) is 0 Å². The highest BCUT2D eigenvalue weighted by atomic mass is 16.3. The van der Waals surface area contributed by atoms with Crippen molar-refractivity contribution < 1.29 is 31.8 Å². The third-order valence-corrected chi connectivity index (χ3v) is 11.0. The molecule has 0 aliphatic carbocycles. The molecule has 4 heterocycles. The van der Waals surface area contributed by atoms with E-state index in [0.717, 1.165) is 36.6 Å². The van der Waals surface area contributed by atoms with E-state index in [-0.39, 0.29) is 22.2 Å². The Morgan fingerprint density at radius 2 is 0.952 bits per heavy atom. The van der Waals surface area contributed by atoms with Gasteiger partial charge in [-0.05, 0) is 64.1 Å². The predicted octanol–water partition coefficient (Wildman–Crippen LogP) is 14.6. The van der Waals surface area contributed by atoms with Crippen molar-refractivity contribution in [3.05, 3.63) is 212 Å². The fourth-order valence-electron chi connectivity index (χ4n) is 8.17. The van der Waals surface area contributed by atoms with Crippen LogP contribution in [0.3, 0.4) is 0 Å². The summed E-state index contributed by atoms with van der Waals surface area (Å²) in [5.41, 5.74) is 1.70. The Labute approximate surface area is 389 Å². The third-order valence-electron chi connectivity index (χ3n) is 11.0. The normalized spacial score (nSPS) is 16.3. The van der Waals surface area contributed by atoms with Gasteiger partial charge in [-0.1, -0.05) is 176 Å². The fourth-order valence-corrected chi connectivity index (χ4v) is 8.17. The number of fused-ring (bicyclic) bond motifs is 9. The van der Waals surface area contributed by atoms with Gasteiger partial charge in [0.2, 0.25) is 11.9 Å². The standard InChI is InChI=1S/C57H35N5O/c1-2-14-36(15-3-1)40-32-33-46-45-20-6-10-26-51(45)62(52(46)35-40)57-59-55(58-56(60-57)61-49-24-8-4-18-43(49)44-19-5-9-25-50(44)61)41-17-12-16-39(34-41)37-28-30-38(31-29-37)42-22-13-23-48-47-21-7-11-27-53(47)63-54(42)48/h1-35H/i1D,2D,3D,4D,5D,6D,8D,9D,10D,14D,15D,18D,19D,20D,24D,25D,26D,32D,33D,35D. The Hall–Kier alpha value is -8.61. The number of rotatable bonds is 6. The van der Waals surface area contributed by atoms with E-state index in [4.69, 9.17) is 37.2 Å². The van der Waals surface area contributed by atoms with Crippen LogP contribution < -0.4 is 0 Å². The summed E-state index contributed by atoms with van der Waals surface area (Å²) >= 11 is 0. The number of nitrogens with zero attached hydrogens (tertiary/aromatic N) is 5. The highest BCUT2D eigenvalue weighted by Crippen LogP contribution is 2.39. The van der Waals surface area contributed by atoms with Gasteiger partial charge in [0, 0.05) is 43.4 Å². The van der Waals surface area contributed by atoms with Gasteiger partial charge in [-0.15, -0.1) is 0 Å². The molecule has 0 aliphatic heterocycles. The highest BCUT2D eigenvalue weighted by Gasteiger charge is 2.21. The first-order valence-electron chi connectivity index (χ1n) is 29.6. The van der Waals surface area contributed by atoms with E-state index >= 15 is 0 Å². The van der Waals surface area contributed by atoms with Crippen molar-refractivity contribution in [3.8, 4) is 56.7 Å². The molecule has 63 heavy (non-hydrogen) atoms. The van der Waals surface area contributed by atoms with Crippen LogP contribution in [0.1, 0.15) is 27.4 Å². The molecule has 294 valence electrons. The van der Waals surface area contributed by atoms with E-state index < -0.39 is 177 Å². The molecule has 0 spiro atoms. The predicted molar refractivity (Wildman–Crippen MR) is 258 cm³/mol. The lowest BCUT2D eigenvalue weighted by atomic mass is 9.98. The molecule has 0 saturated carbocycles. The van der Waals surface area contributed by atoms with Crippen LogP contribution in [0.4, 0.5) is 0 Å². The Balaban J connectivity index is 1.14. The molecule has 0 N–H and O–H groups in total. The molecule has 0 radical (unpaired) electrons. The fraction of sp³-hybridized carbons (Fsp3) is 0. The first-order valence-corrected chi connectivity index (χ1v) is 19.6. The first kappa shape index (κ1) is 20.8. The number of hydrogen-bond donors (Lipinski definition) is 0. The van der Waals surface area contributed by atoms with E-state index in [1.165, 1.54) is 0 Å². The van der Waals surface area contributed by atoms with Crippen LogP contribution >= 0.6 is 0 Å². The first-order chi connectivity index (χ1) is 39.5. The molecule has 0 amide bonds. The summed E-state index contributed by atoms with van der Waals surface area (Å²) in [7, 11) is 0. The average molecular weight is 826 g/mol. The van der Waals surface area contributed by atoms with Crippen LogP contribution in [0, 0.1) is 0 Å². The van der Waals surface area contributed by atoms with Gasteiger partial charge in [-0.2, -0.15) is 15.0 Å². The maximum atomic E-state index is 9.92. The van der Waals surface area contributed by atoms with Gasteiger partial charge in [-0.3, -0.25) is 9.13 Å². The van der Waals surface area contributed by atoms with Crippen LogP contribution in [0.5, 0.6) is 0 Å². The van der Waals surface area contributed by atoms with E-state index in [2.05, 4.69) is 0 Å². The molecule has 9 aromatic carbocycles. The molecule has 13 rings (SSSR count). The topological polar surface area (TPSA) is 61.7 Å². The largest absolute Gasteiger partial charge is 0.455 e. The summed E-state index contributed by atoms with van der Waals surface area (Å²) in [5, 5.41) is 0.461. The van der Waals surface area contributed by atoms with Crippen LogP contribution in [0.15, 0.2) is 216 Å². The van der Waals surface area contributed by atoms with E-state index in [1.54, 1.807) is 18.2 Å². The SMILES string of the molecule is [2H]c1c([2H])c([2H])c(-c2c([2H])c([2H])c3c4c([2H])c([2H])c([2H])c([2H])c4n(-c4nc(-c5cccc(-c6ccc(-c7cccc8c7oc7ccccc78)cc6)c5)nc(-n5c6c([2H])c([2H])c([2H])c([2H])c6c6c([2H])c([2H])c([2H])c([2H])c65)n4)c3c2[2H])c([2H])c1[2H]. The van der Waals surface area contributed by atoms with Gasteiger partial charge in [0.25, 0.3) is 0 Å². The summed E-state index contributed by atoms with van der Waals surface area (Å²) < 4.78 is 188. The summed E-state index contributed by atoms with van der Waals surface area (Å²) in [6, 6.07) is 12.9. The maximum absolute atomic E-state index is 9.92. The Bertz CT molecular complexity index is 5010. The van der Waals surface area contributed by atoms with Gasteiger partial charge < -0.3 is 4.42 Å². The van der Waals surface area contributed by atoms with E-state index in [9.17, 15) is 9.60 Å². The Kier molecular flexibility index (Phi) is 4.61. The second kappa shape index (κ2) is 14.0. The average Bonchev–Trinajstić information content (AvgIpc) is 1.92. The molecule has 0 saturated heterocycles. The van der Waals surface area contributed by atoms with Gasteiger partial charge in [-0.25, -0.2) is 0 Å². The van der Waals surface area contributed by atoms with Crippen LogP contribution in [0.25, 0.3) is 122 Å². The number of benzene rings is 9. The maximum Gasteiger partial charge on any atom is 0.240 e. The molecule has 6 heteroatoms. The third kappa shape index (κ3) is 5.62. The summed E-state index contributed by atoms with van der Waals surface area (Å²) in [6.07, 6.45) is 0. The van der Waals surface area contributed by atoms with Crippen LogP contribution in [0.2, 0.25) is 0 Å². The lowest BCUT2D eigenvalue weighted by Gasteiger charge is -2.13. The minimum Gasteiger partial charge on any atom is -0.455 e. The van der Waals surface area contributed by atoms with Gasteiger partial charge in [0.05, 0.1) is 49.5 Å². The van der Waals surface area contributed by atoms with Crippen molar-refractivity contribution in [1.82, 2.24) is 24.1 Å². The van der Waals surface area contributed by atoms with Crippen molar-refractivity contribution in [2.24, 2.45) is 0 Å². The number of para-hydroxylation sites is 5. The molecular weight excluding hydrogens is 771 g/mol. The van der Waals surface area contributed by atoms with Crippen LogP contribution in [-0.4, -0.2) is 24.1 Å². The number of furan rings is 1. The van der Waals surface area contributed by atoms with Crippen LogP contribution in [-0.2, 0) is 0 Å². The van der Waals surface area contributed by atoms with E-state index in [0.29, 0.717) is 16.7 Å². The van der Waals surface area contributed by atoms with Gasteiger partial charge in [0.15, 0.2) is 5.82 Å². The van der Waals surface area contributed by atoms with Crippen molar-refractivity contribution in [2.45, 2.75) is 0 Å². The molecule has 0 unspecified atom stereocenters. The lowest BCUT2D eigenvalue weighted by Crippen LogP contribution is -2.10. The molecular formula is C57H35N5O. The lowest BCUT2D eigenvalue weighted by molar-refractivity contribution is 0.670. The van der Waals surface area contributed by atoms with E-state index in [1.807, 2.05) is 72.8 Å². The minimum absolute atomic E-state index is 0.233. The second-order valence-electron chi connectivity index (χ2n) is 14.5. The molecule has 0 atom stereocenters. The molecule has 0 aliphatic rings.